The lowest BCUT2D eigenvalue weighted by Crippen LogP contribution is -2.42. The number of nitrogens with one attached hydrogen (secondary N) is 1. The predicted octanol–water partition coefficient (Wildman–Crippen LogP) is -0.0727. The van der Waals surface area contributed by atoms with Crippen molar-refractivity contribution in [1.29, 1.82) is 0 Å². The molecule has 0 aromatic carbocycles. The fourth-order valence-electron chi connectivity index (χ4n) is 1.89. The fraction of sp³-hybridized carbons (Fsp3) is 0.636. The van der Waals surface area contributed by atoms with Crippen molar-refractivity contribution in [2.45, 2.75) is 6.92 Å². The van der Waals surface area contributed by atoms with Gasteiger partial charge in [0.1, 0.15) is 12.1 Å². The average Bonchev–Trinajstić information content (AvgIpc) is 2.34. The number of aromatic nitrogens is 2. The molecule has 1 fully saturated rings. The molecule has 1 aliphatic heterocycles. The second-order valence-electron chi connectivity index (χ2n) is 4.47. The van der Waals surface area contributed by atoms with E-state index in [4.69, 9.17) is 0 Å². The van der Waals surface area contributed by atoms with Crippen molar-refractivity contribution in [3.8, 4) is 0 Å². The van der Waals surface area contributed by atoms with E-state index in [2.05, 4.69) is 20.2 Å². The smallest absolute Gasteiger partial charge is 0.152 e. The topological polar surface area (TPSA) is 75.2 Å². The lowest BCUT2D eigenvalue weighted by atomic mass is 10.3. The number of nitrogens with zero attached hydrogens (tertiary/aromatic N) is 3. The van der Waals surface area contributed by atoms with Crippen LogP contribution in [-0.2, 0) is 9.84 Å². The molecule has 0 bridgehead atoms. The van der Waals surface area contributed by atoms with Gasteiger partial charge in [0.25, 0.3) is 0 Å². The van der Waals surface area contributed by atoms with Gasteiger partial charge in [0.05, 0.1) is 11.5 Å². The molecular formula is C11H18N4O2S. The van der Waals surface area contributed by atoms with Crippen LogP contribution in [0.1, 0.15) is 5.56 Å². The third-order valence-corrected chi connectivity index (χ3v) is 4.66. The van der Waals surface area contributed by atoms with Gasteiger partial charge in [-0.25, -0.2) is 18.4 Å². The van der Waals surface area contributed by atoms with E-state index in [9.17, 15) is 8.42 Å². The Labute approximate surface area is 107 Å². The summed E-state index contributed by atoms with van der Waals surface area (Å²) in [5.74, 6) is 1.40. The maximum Gasteiger partial charge on any atom is 0.152 e. The molecule has 1 saturated heterocycles. The van der Waals surface area contributed by atoms with Gasteiger partial charge < -0.3 is 5.32 Å². The zero-order chi connectivity index (χ0) is 13.0. The van der Waals surface area contributed by atoms with Crippen LogP contribution in [0.25, 0.3) is 0 Å². The van der Waals surface area contributed by atoms with E-state index in [-0.39, 0.29) is 11.5 Å². The molecule has 0 spiro atoms. The molecule has 2 rings (SSSR count). The van der Waals surface area contributed by atoms with E-state index < -0.39 is 9.84 Å². The summed E-state index contributed by atoms with van der Waals surface area (Å²) in [5, 5.41) is 3.24. The molecular weight excluding hydrogens is 252 g/mol. The third-order valence-electron chi connectivity index (χ3n) is 3.05. The molecule has 0 unspecified atom stereocenters. The highest BCUT2D eigenvalue weighted by Gasteiger charge is 2.20. The van der Waals surface area contributed by atoms with Crippen LogP contribution in [-0.4, -0.2) is 61.0 Å². The van der Waals surface area contributed by atoms with Gasteiger partial charge in [-0.2, -0.15) is 0 Å². The molecule has 100 valence electrons. The molecule has 0 amide bonds. The Bertz CT molecular complexity index is 490. The highest BCUT2D eigenvalue weighted by atomic mass is 32.2. The Kier molecular flexibility index (Phi) is 4.13. The summed E-state index contributed by atoms with van der Waals surface area (Å²) >= 11 is 0. The SMILES string of the molecule is Cc1cncnc1NCCN1CCS(=O)(=O)CC1. The summed E-state index contributed by atoms with van der Waals surface area (Å²) in [5.41, 5.74) is 1.01. The van der Waals surface area contributed by atoms with Crippen LogP contribution in [0, 0.1) is 6.92 Å². The highest BCUT2D eigenvalue weighted by Crippen LogP contribution is 2.07. The Hall–Kier alpha value is -1.21. The zero-order valence-electron chi connectivity index (χ0n) is 10.5. The van der Waals surface area contributed by atoms with E-state index in [1.54, 1.807) is 6.20 Å². The Morgan fingerprint density at radius 1 is 1.39 bits per heavy atom. The molecule has 1 aromatic heterocycles. The molecule has 0 atom stereocenters. The normalized spacial score (nSPS) is 19.6. The van der Waals surface area contributed by atoms with Crippen molar-refractivity contribution in [1.82, 2.24) is 14.9 Å². The first-order valence-corrected chi connectivity index (χ1v) is 7.82. The van der Waals surface area contributed by atoms with Crippen molar-refractivity contribution in [3.05, 3.63) is 18.1 Å². The summed E-state index contributed by atoms with van der Waals surface area (Å²) in [7, 11) is -2.78. The monoisotopic (exact) mass is 270 g/mol. The van der Waals surface area contributed by atoms with Crippen molar-refractivity contribution < 1.29 is 8.42 Å². The minimum atomic E-state index is -2.78. The van der Waals surface area contributed by atoms with Crippen molar-refractivity contribution in [2.75, 3.05) is 43.0 Å². The van der Waals surface area contributed by atoms with Crippen LogP contribution < -0.4 is 5.32 Å². The molecule has 0 radical (unpaired) electrons. The maximum atomic E-state index is 11.3. The van der Waals surface area contributed by atoms with Crippen molar-refractivity contribution >= 4 is 15.7 Å². The van der Waals surface area contributed by atoms with Crippen LogP contribution in [0.3, 0.4) is 0 Å². The number of sulfone groups is 1. The van der Waals surface area contributed by atoms with Crippen LogP contribution in [0.2, 0.25) is 0 Å². The van der Waals surface area contributed by atoms with E-state index >= 15 is 0 Å². The molecule has 18 heavy (non-hydrogen) atoms. The second kappa shape index (κ2) is 5.62. The number of rotatable bonds is 4. The first-order valence-electron chi connectivity index (χ1n) is 6.00. The van der Waals surface area contributed by atoms with Gasteiger partial charge in [-0.05, 0) is 6.92 Å². The van der Waals surface area contributed by atoms with Gasteiger partial charge in [-0.3, -0.25) is 4.90 Å². The Morgan fingerprint density at radius 3 is 2.78 bits per heavy atom. The quantitative estimate of drug-likeness (QED) is 0.825. The molecule has 1 N–H and O–H groups in total. The van der Waals surface area contributed by atoms with Gasteiger partial charge in [-0.15, -0.1) is 0 Å². The second-order valence-corrected chi connectivity index (χ2v) is 6.78. The largest absolute Gasteiger partial charge is 0.368 e. The molecule has 6 nitrogen and oxygen atoms in total. The van der Waals surface area contributed by atoms with Crippen molar-refractivity contribution in [3.63, 3.8) is 0 Å². The van der Waals surface area contributed by atoms with E-state index in [0.29, 0.717) is 13.1 Å². The first-order chi connectivity index (χ1) is 8.57. The third kappa shape index (κ3) is 3.64. The minimum absolute atomic E-state index is 0.277. The summed E-state index contributed by atoms with van der Waals surface area (Å²) in [6.07, 6.45) is 3.28. The summed E-state index contributed by atoms with van der Waals surface area (Å²) in [6.45, 7) is 4.81. The Balaban J connectivity index is 1.75. The van der Waals surface area contributed by atoms with E-state index in [0.717, 1.165) is 24.5 Å². The average molecular weight is 270 g/mol. The van der Waals surface area contributed by atoms with Gasteiger partial charge >= 0.3 is 0 Å². The highest BCUT2D eigenvalue weighted by molar-refractivity contribution is 7.91. The summed E-state index contributed by atoms with van der Waals surface area (Å²) in [4.78, 5) is 10.2. The number of hydrogen-bond acceptors (Lipinski definition) is 6. The first kappa shape index (κ1) is 13.2. The predicted molar refractivity (Wildman–Crippen MR) is 70.4 cm³/mol. The van der Waals surface area contributed by atoms with Crippen LogP contribution >= 0.6 is 0 Å². The molecule has 0 saturated carbocycles. The summed E-state index contributed by atoms with van der Waals surface area (Å²) in [6, 6.07) is 0. The molecule has 0 aliphatic carbocycles. The van der Waals surface area contributed by atoms with Gasteiger partial charge in [0, 0.05) is 37.9 Å². The van der Waals surface area contributed by atoms with E-state index in [1.165, 1.54) is 6.33 Å². The molecule has 2 heterocycles. The summed E-state index contributed by atoms with van der Waals surface area (Å²) < 4.78 is 22.6. The molecule has 7 heteroatoms. The number of aryl methyl sites for hydroxylation is 1. The fourth-order valence-corrected chi connectivity index (χ4v) is 3.17. The molecule has 1 aromatic rings. The van der Waals surface area contributed by atoms with Crippen molar-refractivity contribution in [2.24, 2.45) is 0 Å². The molecule has 1 aliphatic rings. The minimum Gasteiger partial charge on any atom is -0.368 e. The number of anilines is 1. The Morgan fingerprint density at radius 2 is 2.11 bits per heavy atom. The zero-order valence-corrected chi connectivity index (χ0v) is 11.3. The lowest BCUT2D eigenvalue weighted by Gasteiger charge is -2.26. The maximum absolute atomic E-state index is 11.3. The van der Waals surface area contributed by atoms with Crippen LogP contribution in [0.4, 0.5) is 5.82 Å². The number of hydrogen-bond donors (Lipinski definition) is 1. The van der Waals surface area contributed by atoms with Gasteiger partial charge in [0.2, 0.25) is 0 Å². The standard InChI is InChI=1S/C11H18N4O2S/c1-10-8-12-9-14-11(10)13-2-3-15-4-6-18(16,17)7-5-15/h8-9H,2-7H2,1H3,(H,12,13,14). The van der Waals surface area contributed by atoms with E-state index in [1.807, 2.05) is 6.92 Å². The van der Waals surface area contributed by atoms with Crippen LogP contribution in [0.15, 0.2) is 12.5 Å². The van der Waals surface area contributed by atoms with Crippen LogP contribution in [0.5, 0.6) is 0 Å². The van der Waals surface area contributed by atoms with Gasteiger partial charge in [-0.1, -0.05) is 0 Å². The van der Waals surface area contributed by atoms with Gasteiger partial charge in [0.15, 0.2) is 9.84 Å². The lowest BCUT2D eigenvalue weighted by molar-refractivity contribution is 0.307.